The molecule has 2 heterocycles. The molecule has 0 saturated carbocycles. The number of carbonyl (C=O) groups is 1. The molecule has 2 aromatic rings. The second-order valence-corrected chi connectivity index (χ2v) is 9.32. The third kappa shape index (κ3) is 4.96. The van der Waals surface area contributed by atoms with Crippen LogP contribution in [0.5, 0.6) is 5.75 Å². The lowest BCUT2D eigenvalue weighted by Gasteiger charge is -2.32. The van der Waals surface area contributed by atoms with Gasteiger partial charge >= 0.3 is 6.61 Å². The number of alkyl halides is 2. The van der Waals surface area contributed by atoms with Gasteiger partial charge in [0.15, 0.2) is 0 Å². The summed E-state index contributed by atoms with van der Waals surface area (Å²) in [6.07, 6.45) is 6.13. The summed E-state index contributed by atoms with van der Waals surface area (Å²) in [6.45, 7) is -2.00. The summed E-state index contributed by atoms with van der Waals surface area (Å²) >= 11 is 0. The molecule has 4 rings (SSSR count). The van der Waals surface area contributed by atoms with E-state index in [1.54, 1.807) is 23.1 Å². The minimum atomic E-state index is -3.69. The third-order valence-corrected chi connectivity index (χ3v) is 7.17. The fraction of sp³-hybridized carbons (Fsp3) is 0.381. The Hall–Kier alpha value is -2.72. The largest absolute Gasteiger partial charge is 0.472 e. The van der Waals surface area contributed by atoms with Crippen molar-refractivity contribution in [1.82, 2.24) is 9.62 Å². The van der Waals surface area contributed by atoms with Gasteiger partial charge in [-0.1, -0.05) is 6.07 Å². The maximum absolute atomic E-state index is 12.9. The van der Waals surface area contributed by atoms with Crippen LogP contribution in [0.25, 0.3) is 6.08 Å². The van der Waals surface area contributed by atoms with E-state index in [0.29, 0.717) is 43.5 Å². The first-order valence-corrected chi connectivity index (χ1v) is 11.4. The SMILES string of the molecule is O=C(c1ccoc1)N1CCC(NS(=O)(=O)C2=Cc3ccc(OC(F)F)cc3CC2)CC1. The standard InChI is InChI=1S/C21H22F2N2O5S/c22-21(23)30-18-3-1-15-12-19(4-2-14(15)11-18)31(27,28)24-17-5-8-25(9-6-17)20(26)16-7-10-29-13-16/h1,3,7,10-13,17,21,24H,2,4-6,8-9H2. The van der Waals surface area contributed by atoms with Gasteiger partial charge in [0.1, 0.15) is 12.0 Å². The predicted octanol–water partition coefficient (Wildman–Crippen LogP) is 3.39. The van der Waals surface area contributed by atoms with Crippen molar-refractivity contribution in [3.05, 3.63) is 58.4 Å². The Morgan fingerprint density at radius 1 is 1.19 bits per heavy atom. The highest BCUT2D eigenvalue weighted by molar-refractivity contribution is 7.93. The smallest absolute Gasteiger partial charge is 0.387 e. The van der Waals surface area contributed by atoms with Gasteiger partial charge in [-0.15, -0.1) is 0 Å². The molecule has 1 aromatic carbocycles. The average molecular weight is 452 g/mol. The minimum Gasteiger partial charge on any atom is -0.472 e. The summed E-state index contributed by atoms with van der Waals surface area (Å²) in [7, 11) is -3.69. The molecule has 2 aliphatic rings. The highest BCUT2D eigenvalue weighted by Gasteiger charge is 2.29. The number of benzene rings is 1. The maximum Gasteiger partial charge on any atom is 0.387 e. The van der Waals surface area contributed by atoms with E-state index in [0.717, 1.165) is 5.56 Å². The zero-order chi connectivity index (χ0) is 22.0. The van der Waals surface area contributed by atoms with E-state index in [1.165, 1.54) is 24.7 Å². The molecule has 1 saturated heterocycles. The van der Waals surface area contributed by atoms with Gasteiger partial charge in [-0.3, -0.25) is 4.79 Å². The molecular formula is C21H22F2N2O5S. The number of furan rings is 1. The van der Waals surface area contributed by atoms with Crippen LogP contribution in [-0.2, 0) is 16.4 Å². The van der Waals surface area contributed by atoms with Crippen molar-refractivity contribution in [2.45, 2.75) is 38.3 Å². The van der Waals surface area contributed by atoms with Crippen LogP contribution in [0.15, 0.2) is 46.1 Å². The number of hydrogen-bond donors (Lipinski definition) is 1. The van der Waals surface area contributed by atoms with Gasteiger partial charge < -0.3 is 14.1 Å². The molecule has 166 valence electrons. The molecule has 0 radical (unpaired) electrons. The highest BCUT2D eigenvalue weighted by Crippen LogP contribution is 2.30. The number of aryl methyl sites for hydroxylation is 1. The van der Waals surface area contributed by atoms with Crippen LogP contribution >= 0.6 is 0 Å². The lowest BCUT2D eigenvalue weighted by atomic mass is 9.97. The summed E-state index contributed by atoms with van der Waals surface area (Å²) in [5.41, 5.74) is 1.92. The molecule has 10 heteroatoms. The van der Waals surface area contributed by atoms with Crippen LogP contribution in [0.3, 0.4) is 0 Å². The van der Waals surface area contributed by atoms with Gasteiger partial charge in [-0.25, -0.2) is 13.1 Å². The van der Waals surface area contributed by atoms with E-state index < -0.39 is 16.6 Å². The summed E-state index contributed by atoms with van der Waals surface area (Å²) in [6, 6.07) is 5.84. The first-order valence-electron chi connectivity index (χ1n) is 9.94. The molecule has 1 N–H and O–H groups in total. The number of nitrogens with one attached hydrogen (secondary N) is 1. The Kier molecular flexibility index (Phi) is 6.10. The van der Waals surface area contributed by atoms with Crippen LogP contribution in [0.1, 0.15) is 40.7 Å². The highest BCUT2D eigenvalue weighted by atomic mass is 32.2. The number of allylic oxidation sites excluding steroid dienone is 1. The van der Waals surface area contributed by atoms with Gasteiger partial charge in [0, 0.05) is 19.1 Å². The fourth-order valence-corrected chi connectivity index (χ4v) is 5.37. The molecular weight excluding hydrogens is 430 g/mol. The lowest BCUT2D eigenvalue weighted by Crippen LogP contribution is -2.46. The van der Waals surface area contributed by atoms with E-state index in [4.69, 9.17) is 4.42 Å². The van der Waals surface area contributed by atoms with Gasteiger partial charge in [0.05, 0.1) is 16.7 Å². The molecule has 0 bridgehead atoms. The number of amides is 1. The Morgan fingerprint density at radius 2 is 1.97 bits per heavy atom. The molecule has 1 aliphatic heterocycles. The minimum absolute atomic E-state index is 0.0586. The summed E-state index contributed by atoms with van der Waals surface area (Å²) in [5, 5.41) is 0. The Balaban J connectivity index is 1.38. The maximum atomic E-state index is 12.9. The monoisotopic (exact) mass is 452 g/mol. The quantitative estimate of drug-likeness (QED) is 0.726. The number of piperidine rings is 1. The van der Waals surface area contributed by atoms with E-state index in [2.05, 4.69) is 9.46 Å². The van der Waals surface area contributed by atoms with Gasteiger partial charge in [0.2, 0.25) is 10.0 Å². The second-order valence-electron chi connectivity index (χ2n) is 7.55. The molecule has 0 spiro atoms. The molecule has 31 heavy (non-hydrogen) atoms. The fourth-order valence-electron chi connectivity index (χ4n) is 3.90. The van der Waals surface area contributed by atoms with E-state index in [-0.39, 0.29) is 29.0 Å². The summed E-state index contributed by atoms with van der Waals surface area (Å²) in [4.78, 5) is 14.3. The molecule has 0 atom stereocenters. The van der Waals surface area contributed by atoms with Crippen molar-refractivity contribution in [3.63, 3.8) is 0 Å². The van der Waals surface area contributed by atoms with E-state index in [1.807, 2.05) is 0 Å². The first kappa shape index (κ1) is 21.5. The zero-order valence-electron chi connectivity index (χ0n) is 16.6. The second kappa shape index (κ2) is 8.80. The third-order valence-electron chi connectivity index (χ3n) is 5.51. The number of hydrogen-bond acceptors (Lipinski definition) is 5. The number of halogens is 2. The molecule has 0 unspecified atom stereocenters. The van der Waals surface area contributed by atoms with Crippen LogP contribution in [-0.4, -0.2) is 45.0 Å². The Morgan fingerprint density at radius 3 is 2.65 bits per heavy atom. The number of nitrogens with zero attached hydrogens (tertiary/aromatic N) is 1. The number of ether oxygens (including phenoxy) is 1. The molecule has 1 aromatic heterocycles. The number of sulfonamides is 1. The van der Waals surface area contributed by atoms with E-state index in [9.17, 15) is 22.0 Å². The van der Waals surface area contributed by atoms with Crippen molar-refractivity contribution >= 4 is 22.0 Å². The van der Waals surface area contributed by atoms with Crippen LogP contribution in [0.4, 0.5) is 8.78 Å². The van der Waals surface area contributed by atoms with Crippen molar-refractivity contribution in [2.75, 3.05) is 13.1 Å². The van der Waals surface area contributed by atoms with Crippen LogP contribution in [0, 0.1) is 0 Å². The van der Waals surface area contributed by atoms with Crippen molar-refractivity contribution < 1.29 is 31.1 Å². The summed E-state index contributed by atoms with van der Waals surface area (Å²) < 4.78 is 62.6. The van der Waals surface area contributed by atoms with Crippen molar-refractivity contribution in [3.8, 4) is 5.75 Å². The number of rotatable bonds is 6. The topological polar surface area (TPSA) is 88.9 Å². The summed E-state index contributed by atoms with van der Waals surface area (Å²) in [5.74, 6) is -0.0693. The average Bonchev–Trinajstić information content (AvgIpc) is 3.27. The van der Waals surface area contributed by atoms with Crippen molar-refractivity contribution in [1.29, 1.82) is 0 Å². The normalized spacial score (nSPS) is 17.4. The predicted molar refractivity (Wildman–Crippen MR) is 109 cm³/mol. The van der Waals surface area contributed by atoms with Gasteiger partial charge in [0.25, 0.3) is 5.91 Å². The number of fused-ring (bicyclic) bond motifs is 1. The van der Waals surface area contributed by atoms with Gasteiger partial charge in [-0.2, -0.15) is 8.78 Å². The Labute approximate surface area is 178 Å². The van der Waals surface area contributed by atoms with E-state index >= 15 is 0 Å². The Bertz CT molecular complexity index is 1080. The molecule has 7 nitrogen and oxygen atoms in total. The number of carbonyl (C=O) groups excluding carboxylic acids is 1. The van der Waals surface area contributed by atoms with Crippen molar-refractivity contribution in [2.24, 2.45) is 0 Å². The number of likely N-dealkylation sites (tertiary alicyclic amines) is 1. The lowest BCUT2D eigenvalue weighted by molar-refractivity contribution is -0.0498. The first-order chi connectivity index (χ1) is 14.8. The zero-order valence-corrected chi connectivity index (χ0v) is 17.4. The molecule has 1 fully saturated rings. The molecule has 1 aliphatic carbocycles. The van der Waals surface area contributed by atoms with Crippen LogP contribution < -0.4 is 9.46 Å². The van der Waals surface area contributed by atoms with Crippen LogP contribution in [0.2, 0.25) is 0 Å². The molecule has 1 amide bonds. The van der Waals surface area contributed by atoms with Gasteiger partial charge in [-0.05, 0) is 61.1 Å².